The molecule has 0 aliphatic carbocycles. The molecule has 2 heteroatoms. The molecule has 114 valence electrons. The highest BCUT2D eigenvalue weighted by molar-refractivity contribution is 5.25. The normalized spacial score (nSPS) is 14.2. The zero-order chi connectivity index (χ0) is 14.8. The van der Waals surface area contributed by atoms with Crippen LogP contribution >= 0.6 is 0 Å². The average molecular weight is 277 g/mol. The van der Waals surface area contributed by atoms with E-state index in [1.165, 1.54) is 36.8 Å². The smallest absolute Gasteiger partial charge is 0.0975 e. The zero-order valence-corrected chi connectivity index (χ0v) is 13.4. The lowest BCUT2D eigenvalue weighted by atomic mass is 9.99. The molecule has 0 aliphatic rings. The van der Waals surface area contributed by atoms with E-state index in [0.717, 1.165) is 19.4 Å². The van der Waals surface area contributed by atoms with E-state index in [4.69, 9.17) is 10.5 Å². The molecule has 0 aromatic heterocycles. The molecule has 0 aliphatic heterocycles. The highest BCUT2D eigenvalue weighted by Gasteiger charge is 2.19. The Kier molecular flexibility index (Phi) is 8.56. The van der Waals surface area contributed by atoms with E-state index < -0.39 is 0 Å². The first kappa shape index (κ1) is 17.2. The summed E-state index contributed by atoms with van der Waals surface area (Å²) < 4.78 is 6.09. The van der Waals surface area contributed by atoms with Gasteiger partial charge >= 0.3 is 0 Å². The number of benzene rings is 1. The second kappa shape index (κ2) is 9.95. The Morgan fingerprint density at radius 3 is 2.50 bits per heavy atom. The van der Waals surface area contributed by atoms with Crippen molar-refractivity contribution in [2.24, 2.45) is 5.73 Å². The summed E-state index contributed by atoms with van der Waals surface area (Å²) in [5.74, 6) is 0. The van der Waals surface area contributed by atoms with Crippen molar-refractivity contribution in [1.82, 2.24) is 0 Å². The minimum absolute atomic E-state index is 0.0334. The predicted octanol–water partition coefficient (Wildman–Crippen LogP) is 4.76. The molecule has 2 nitrogen and oxygen atoms in total. The average Bonchev–Trinajstić information content (AvgIpc) is 2.46. The highest BCUT2D eigenvalue weighted by atomic mass is 16.5. The van der Waals surface area contributed by atoms with Gasteiger partial charge in [0.25, 0.3) is 0 Å². The molecule has 2 N–H and O–H groups in total. The number of hydrogen-bond acceptors (Lipinski definition) is 2. The van der Waals surface area contributed by atoms with Crippen LogP contribution in [0.2, 0.25) is 0 Å². The van der Waals surface area contributed by atoms with Gasteiger partial charge in [-0.05, 0) is 25.3 Å². The number of nitrogens with two attached hydrogens (primary N) is 1. The molecule has 0 radical (unpaired) electrons. The Morgan fingerprint density at radius 2 is 1.85 bits per heavy atom. The molecule has 0 bridgehead atoms. The molecular weight excluding hydrogens is 246 g/mol. The van der Waals surface area contributed by atoms with Gasteiger partial charge in [0.05, 0.1) is 6.10 Å². The summed E-state index contributed by atoms with van der Waals surface area (Å²) in [6.45, 7) is 7.29. The van der Waals surface area contributed by atoms with Gasteiger partial charge in [-0.1, -0.05) is 69.4 Å². The molecule has 1 rings (SSSR count). The Morgan fingerprint density at radius 1 is 1.10 bits per heavy atom. The van der Waals surface area contributed by atoms with Crippen molar-refractivity contribution in [1.29, 1.82) is 0 Å². The van der Waals surface area contributed by atoms with Crippen LogP contribution in [0.1, 0.15) is 69.6 Å². The first-order valence-corrected chi connectivity index (χ1v) is 8.12. The first-order valence-electron chi connectivity index (χ1n) is 8.12. The van der Waals surface area contributed by atoms with Crippen LogP contribution in [0.25, 0.3) is 0 Å². The van der Waals surface area contributed by atoms with Gasteiger partial charge in [-0.2, -0.15) is 0 Å². The Hall–Kier alpha value is -0.860. The van der Waals surface area contributed by atoms with Crippen molar-refractivity contribution in [2.75, 3.05) is 6.61 Å². The fraction of sp³-hybridized carbons (Fsp3) is 0.667. The second-order valence-electron chi connectivity index (χ2n) is 5.69. The summed E-state index contributed by atoms with van der Waals surface area (Å²) in [6, 6.07) is 8.60. The maximum absolute atomic E-state index is 6.24. The van der Waals surface area contributed by atoms with Crippen molar-refractivity contribution >= 4 is 0 Å². The molecule has 2 atom stereocenters. The largest absolute Gasteiger partial charge is 0.372 e. The summed E-state index contributed by atoms with van der Waals surface area (Å²) in [5, 5.41) is 0. The number of hydrogen-bond donors (Lipinski definition) is 1. The number of aryl methyl sites for hydroxylation is 1. The van der Waals surface area contributed by atoms with Crippen molar-refractivity contribution in [3.8, 4) is 0 Å². The maximum atomic E-state index is 6.24. The molecule has 0 spiro atoms. The molecule has 2 unspecified atom stereocenters. The van der Waals surface area contributed by atoms with Gasteiger partial charge < -0.3 is 10.5 Å². The minimum atomic E-state index is 0.0334. The van der Waals surface area contributed by atoms with E-state index in [0.29, 0.717) is 0 Å². The van der Waals surface area contributed by atoms with Crippen molar-refractivity contribution in [3.05, 3.63) is 35.4 Å². The van der Waals surface area contributed by atoms with Crippen LogP contribution in [0.15, 0.2) is 24.3 Å². The van der Waals surface area contributed by atoms with Crippen LogP contribution in [0.4, 0.5) is 0 Å². The monoisotopic (exact) mass is 277 g/mol. The second-order valence-corrected chi connectivity index (χ2v) is 5.69. The van der Waals surface area contributed by atoms with Gasteiger partial charge in [-0.15, -0.1) is 0 Å². The van der Waals surface area contributed by atoms with Gasteiger partial charge in [0.2, 0.25) is 0 Å². The Bertz CT molecular complexity index is 364. The van der Waals surface area contributed by atoms with Gasteiger partial charge in [0.15, 0.2) is 0 Å². The number of ether oxygens (including phenoxy) is 1. The molecular formula is C18H31NO. The van der Waals surface area contributed by atoms with Crippen LogP contribution < -0.4 is 5.73 Å². The summed E-state index contributed by atoms with van der Waals surface area (Å²) in [4.78, 5) is 0. The fourth-order valence-corrected chi connectivity index (χ4v) is 2.44. The van der Waals surface area contributed by atoms with Gasteiger partial charge in [0, 0.05) is 12.6 Å². The van der Waals surface area contributed by atoms with E-state index in [2.05, 4.69) is 45.0 Å². The maximum Gasteiger partial charge on any atom is 0.0975 e. The molecule has 20 heavy (non-hydrogen) atoms. The van der Waals surface area contributed by atoms with Gasteiger partial charge in [-0.25, -0.2) is 0 Å². The molecule has 1 aromatic rings. The van der Waals surface area contributed by atoms with Gasteiger partial charge in [0.1, 0.15) is 0 Å². The standard InChI is InChI=1S/C18H31NO/c1-4-6-7-8-9-13-20-18(17(19)5-2)16-12-10-11-15(3)14-16/h10-12,14,17-18H,4-9,13,19H2,1-3H3. The van der Waals surface area contributed by atoms with E-state index in [1.807, 2.05) is 0 Å². The lowest BCUT2D eigenvalue weighted by molar-refractivity contribution is 0.0310. The molecule has 0 amide bonds. The quantitative estimate of drug-likeness (QED) is 0.626. The lowest BCUT2D eigenvalue weighted by Gasteiger charge is -2.24. The lowest BCUT2D eigenvalue weighted by Crippen LogP contribution is -2.29. The van der Waals surface area contributed by atoms with Crippen LogP contribution in [0, 0.1) is 6.92 Å². The zero-order valence-electron chi connectivity index (χ0n) is 13.4. The van der Waals surface area contributed by atoms with Crippen LogP contribution in [0.3, 0.4) is 0 Å². The van der Waals surface area contributed by atoms with Crippen molar-refractivity contribution in [3.63, 3.8) is 0 Å². The first-order chi connectivity index (χ1) is 9.69. The number of rotatable bonds is 10. The van der Waals surface area contributed by atoms with Gasteiger partial charge in [-0.3, -0.25) is 0 Å². The fourth-order valence-electron chi connectivity index (χ4n) is 2.44. The van der Waals surface area contributed by atoms with Crippen LogP contribution in [-0.4, -0.2) is 12.6 Å². The third-order valence-corrected chi connectivity index (χ3v) is 3.78. The summed E-state index contributed by atoms with van der Waals surface area (Å²) in [7, 11) is 0. The third-order valence-electron chi connectivity index (χ3n) is 3.78. The molecule has 0 heterocycles. The van der Waals surface area contributed by atoms with E-state index in [1.54, 1.807) is 0 Å². The van der Waals surface area contributed by atoms with Crippen LogP contribution in [-0.2, 0) is 4.74 Å². The highest BCUT2D eigenvalue weighted by Crippen LogP contribution is 2.23. The van der Waals surface area contributed by atoms with E-state index in [-0.39, 0.29) is 12.1 Å². The summed E-state index contributed by atoms with van der Waals surface area (Å²) in [5.41, 5.74) is 8.72. The van der Waals surface area contributed by atoms with E-state index >= 15 is 0 Å². The SMILES string of the molecule is CCCCCCCOC(c1cccc(C)c1)C(N)CC. The van der Waals surface area contributed by atoms with Crippen LogP contribution in [0.5, 0.6) is 0 Å². The number of unbranched alkanes of at least 4 members (excludes halogenated alkanes) is 4. The minimum Gasteiger partial charge on any atom is -0.372 e. The molecule has 0 saturated carbocycles. The Balaban J connectivity index is 2.49. The summed E-state index contributed by atoms with van der Waals surface area (Å²) in [6.07, 6.45) is 7.30. The summed E-state index contributed by atoms with van der Waals surface area (Å²) >= 11 is 0. The third kappa shape index (κ3) is 6.06. The molecule has 1 aromatic carbocycles. The predicted molar refractivity (Wildman–Crippen MR) is 86.9 cm³/mol. The Labute approximate surface area is 124 Å². The topological polar surface area (TPSA) is 35.2 Å². The molecule has 0 fully saturated rings. The van der Waals surface area contributed by atoms with Crippen molar-refractivity contribution < 1.29 is 4.74 Å². The van der Waals surface area contributed by atoms with Crippen molar-refractivity contribution in [2.45, 2.75) is 71.4 Å². The van der Waals surface area contributed by atoms with E-state index in [9.17, 15) is 0 Å². The molecule has 0 saturated heterocycles.